The molecule has 0 bridgehead atoms. The molecule has 130 valence electrons. The number of carbonyl (C=O) groups is 1. The zero-order valence-corrected chi connectivity index (χ0v) is 14.0. The van der Waals surface area contributed by atoms with Crippen molar-refractivity contribution in [2.24, 2.45) is 11.7 Å². The largest absolute Gasteiger partial charge is 0.366 e. The molecule has 2 fully saturated rings. The molecule has 0 saturated carbocycles. The van der Waals surface area contributed by atoms with Gasteiger partial charge in [0.15, 0.2) is 0 Å². The van der Waals surface area contributed by atoms with Crippen LogP contribution in [0.2, 0.25) is 0 Å². The van der Waals surface area contributed by atoms with Crippen molar-refractivity contribution >= 4 is 17.3 Å². The van der Waals surface area contributed by atoms with E-state index in [2.05, 4.69) is 11.8 Å². The van der Waals surface area contributed by atoms with Crippen molar-refractivity contribution in [3.63, 3.8) is 0 Å². The second-order valence-corrected chi connectivity index (χ2v) is 6.93. The third-order valence-electron chi connectivity index (χ3n) is 5.06. The Kier molecular flexibility index (Phi) is 4.71. The highest BCUT2D eigenvalue weighted by Gasteiger charge is 2.28. The minimum atomic E-state index is -0.389. The number of hydrogen-bond donors (Lipinski definition) is 1. The first-order chi connectivity index (χ1) is 11.5. The predicted molar refractivity (Wildman–Crippen MR) is 92.2 cm³/mol. The average molecular weight is 332 g/mol. The minimum absolute atomic E-state index is 0.00134. The Morgan fingerprint density at radius 2 is 1.96 bits per heavy atom. The van der Waals surface area contributed by atoms with E-state index in [1.807, 2.05) is 0 Å². The van der Waals surface area contributed by atoms with Gasteiger partial charge in [-0.2, -0.15) is 0 Å². The number of anilines is 1. The van der Waals surface area contributed by atoms with E-state index in [0.717, 1.165) is 32.4 Å². The minimum Gasteiger partial charge on any atom is -0.366 e. The van der Waals surface area contributed by atoms with E-state index in [1.54, 1.807) is 17.0 Å². The molecule has 0 unspecified atom stereocenters. The number of hydrogen-bond acceptors (Lipinski definition) is 5. The first-order valence-corrected chi connectivity index (χ1v) is 8.54. The molecular weight excluding hydrogens is 308 g/mol. The van der Waals surface area contributed by atoms with Gasteiger partial charge in [-0.15, -0.1) is 0 Å². The topological polar surface area (TPSA) is 92.7 Å². The Morgan fingerprint density at radius 1 is 1.25 bits per heavy atom. The molecule has 1 aromatic carbocycles. The summed E-state index contributed by atoms with van der Waals surface area (Å²) in [6.07, 6.45) is 2.84. The van der Waals surface area contributed by atoms with Gasteiger partial charge in [-0.25, -0.2) is 0 Å². The van der Waals surface area contributed by atoms with Crippen molar-refractivity contribution in [2.75, 3.05) is 31.1 Å². The van der Waals surface area contributed by atoms with E-state index >= 15 is 0 Å². The summed E-state index contributed by atoms with van der Waals surface area (Å²) < 4.78 is 0. The second kappa shape index (κ2) is 6.76. The second-order valence-electron chi connectivity index (χ2n) is 6.93. The molecule has 0 aliphatic carbocycles. The van der Waals surface area contributed by atoms with Gasteiger partial charge in [-0.05, 0) is 37.3 Å². The van der Waals surface area contributed by atoms with Gasteiger partial charge < -0.3 is 15.5 Å². The lowest BCUT2D eigenvalue weighted by molar-refractivity contribution is -0.384. The molecule has 1 amide bonds. The highest BCUT2D eigenvalue weighted by Crippen LogP contribution is 2.32. The summed E-state index contributed by atoms with van der Waals surface area (Å²) >= 11 is 0. The van der Waals surface area contributed by atoms with Crippen molar-refractivity contribution < 1.29 is 9.72 Å². The first kappa shape index (κ1) is 16.7. The fraction of sp³-hybridized carbons (Fsp3) is 0.588. The van der Waals surface area contributed by atoms with E-state index in [4.69, 9.17) is 5.73 Å². The van der Waals surface area contributed by atoms with Crippen LogP contribution in [-0.2, 0) is 0 Å². The molecule has 2 aliphatic rings. The Morgan fingerprint density at radius 3 is 2.54 bits per heavy atom. The molecule has 0 radical (unpaired) electrons. The SMILES string of the molecule is CC1CCN(c2ccc(C(=O)N3CC[C@@H](N)C3)cc2[N+](=O)[O-])CC1. The summed E-state index contributed by atoms with van der Waals surface area (Å²) in [5.41, 5.74) is 6.83. The van der Waals surface area contributed by atoms with Crippen LogP contribution in [0.15, 0.2) is 18.2 Å². The quantitative estimate of drug-likeness (QED) is 0.675. The third kappa shape index (κ3) is 3.36. The summed E-state index contributed by atoms with van der Waals surface area (Å²) in [5.74, 6) is 0.477. The summed E-state index contributed by atoms with van der Waals surface area (Å²) in [6, 6.07) is 4.84. The maximum absolute atomic E-state index is 12.5. The molecule has 2 N–H and O–H groups in total. The maximum Gasteiger partial charge on any atom is 0.293 e. The summed E-state index contributed by atoms with van der Waals surface area (Å²) in [6.45, 7) is 4.96. The van der Waals surface area contributed by atoms with Gasteiger partial charge in [0.05, 0.1) is 4.92 Å². The molecule has 3 rings (SSSR count). The fourth-order valence-electron chi connectivity index (χ4n) is 3.47. The van der Waals surface area contributed by atoms with Gasteiger partial charge in [0.1, 0.15) is 5.69 Å². The number of benzene rings is 1. The highest BCUT2D eigenvalue weighted by atomic mass is 16.6. The number of carbonyl (C=O) groups excluding carboxylic acids is 1. The van der Waals surface area contributed by atoms with Crippen LogP contribution in [0.3, 0.4) is 0 Å². The lowest BCUT2D eigenvalue weighted by atomic mass is 9.98. The molecule has 0 aromatic heterocycles. The van der Waals surface area contributed by atoms with Crippen molar-refractivity contribution in [2.45, 2.75) is 32.2 Å². The lowest BCUT2D eigenvalue weighted by Crippen LogP contribution is -2.34. The van der Waals surface area contributed by atoms with Crippen LogP contribution >= 0.6 is 0 Å². The van der Waals surface area contributed by atoms with Crippen LogP contribution in [0, 0.1) is 16.0 Å². The van der Waals surface area contributed by atoms with Gasteiger partial charge in [0.25, 0.3) is 11.6 Å². The van der Waals surface area contributed by atoms with Crippen molar-refractivity contribution in [1.29, 1.82) is 0 Å². The van der Waals surface area contributed by atoms with Crippen LogP contribution < -0.4 is 10.6 Å². The van der Waals surface area contributed by atoms with E-state index in [-0.39, 0.29) is 22.6 Å². The number of nitrogens with zero attached hydrogens (tertiary/aromatic N) is 3. The Balaban J connectivity index is 1.84. The smallest absolute Gasteiger partial charge is 0.293 e. The molecule has 2 saturated heterocycles. The van der Waals surface area contributed by atoms with Crippen molar-refractivity contribution in [3.8, 4) is 0 Å². The molecule has 1 aromatic rings. The van der Waals surface area contributed by atoms with Crippen LogP contribution in [0.1, 0.15) is 36.5 Å². The van der Waals surface area contributed by atoms with Crippen molar-refractivity contribution in [1.82, 2.24) is 4.90 Å². The van der Waals surface area contributed by atoms with Crippen LogP contribution in [0.25, 0.3) is 0 Å². The maximum atomic E-state index is 12.5. The number of nitro groups is 1. The summed E-state index contributed by atoms with van der Waals surface area (Å²) in [7, 11) is 0. The molecule has 0 spiro atoms. The summed E-state index contributed by atoms with van der Waals surface area (Å²) in [4.78, 5) is 27.4. The zero-order valence-electron chi connectivity index (χ0n) is 14.0. The zero-order chi connectivity index (χ0) is 17.3. The Hall–Kier alpha value is -2.15. The van der Waals surface area contributed by atoms with Gasteiger partial charge in [0, 0.05) is 43.9 Å². The average Bonchev–Trinajstić information content (AvgIpc) is 3.01. The number of likely N-dealkylation sites (tertiary alicyclic amines) is 1. The molecule has 2 heterocycles. The van der Waals surface area contributed by atoms with Crippen LogP contribution in [0.5, 0.6) is 0 Å². The molecule has 7 nitrogen and oxygen atoms in total. The first-order valence-electron chi connectivity index (χ1n) is 8.54. The molecular formula is C17H24N4O3. The number of amides is 1. The normalized spacial score (nSPS) is 22.0. The fourth-order valence-corrected chi connectivity index (χ4v) is 3.47. The van der Waals surface area contributed by atoms with Gasteiger partial charge in [-0.1, -0.05) is 6.92 Å². The molecule has 1 atom stereocenters. The van der Waals surface area contributed by atoms with Crippen molar-refractivity contribution in [3.05, 3.63) is 33.9 Å². The molecule has 24 heavy (non-hydrogen) atoms. The van der Waals surface area contributed by atoms with Crippen LogP contribution in [0.4, 0.5) is 11.4 Å². The van der Waals surface area contributed by atoms with Gasteiger partial charge in [-0.3, -0.25) is 14.9 Å². The molecule has 7 heteroatoms. The third-order valence-corrected chi connectivity index (χ3v) is 5.06. The highest BCUT2D eigenvalue weighted by molar-refractivity contribution is 5.96. The molecule has 2 aliphatic heterocycles. The standard InChI is InChI=1S/C17H24N4O3/c1-12-4-7-19(8-5-12)15-3-2-13(10-16(15)21(23)24)17(22)20-9-6-14(18)11-20/h2-3,10,12,14H,4-9,11,18H2,1H3/t14-/m1/s1. The predicted octanol–water partition coefficient (Wildman–Crippen LogP) is 2.00. The van der Waals surface area contributed by atoms with E-state index in [0.29, 0.717) is 30.3 Å². The van der Waals surface area contributed by atoms with E-state index < -0.39 is 0 Å². The monoisotopic (exact) mass is 332 g/mol. The van der Waals surface area contributed by atoms with E-state index in [9.17, 15) is 14.9 Å². The number of piperidine rings is 1. The lowest BCUT2D eigenvalue weighted by Gasteiger charge is -2.31. The summed E-state index contributed by atoms with van der Waals surface area (Å²) in [5, 5.41) is 11.5. The van der Waals surface area contributed by atoms with Crippen LogP contribution in [-0.4, -0.2) is 48.0 Å². The Labute approximate surface area is 141 Å². The van der Waals surface area contributed by atoms with E-state index in [1.165, 1.54) is 6.07 Å². The number of nitro benzene ring substituents is 1. The Bertz CT molecular complexity index is 641. The van der Waals surface area contributed by atoms with Gasteiger partial charge in [0.2, 0.25) is 0 Å². The van der Waals surface area contributed by atoms with Gasteiger partial charge >= 0.3 is 0 Å². The number of nitrogens with two attached hydrogens (primary N) is 1. The number of rotatable bonds is 3.